The second-order valence-electron chi connectivity index (χ2n) is 7.05. The van der Waals surface area contributed by atoms with E-state index >= 15 is 0 Å². The van der Waals surface area contributed by atoms with Gasteiger partial charge in [0.25, 0.3) is 11.6 Å². The Morgan fingerprint density at radius 2 is 1.83 bits per heavy atom. The molecule has 0 radical (unpaired) electrons. The Labute approximate surface area is 169 Å². The number of carbonyl (C=O) groups is 1. The second-order valence-corrected chi connectivity index (χ2v) is 7.05. The fourth-order valence-electron chi connectivity index (χ4n) is 3.48. The van der Waals surface area contributed by atoms with Crippen LogP contribution in [0.2, 0.25) is 0 Å². The number of piperidine rings is 1. The molecule has 0 spiro atoms. The first-order valence-corrected chi connectivity index (χ1v) is 9.51. The number of rotatable bonds is 6. The number of nitrogens with one attached hydrogen (secondary N) is 1. The highest BCUT2D eigenvalue weighted by atomic mass is 16.6. The highest BCUT2D eigenvalue weighted by molar-refractivity contribution is 6.07. The van der Waals surface area contributed by atoms with Crippen molar-refractivity contribution < 1.29 is 9.72 Å². The number of anilines is 1. The molecule has 1 saturated heterocycles. The van der Waals surface area contributed by atoms with Gasteiger partial charge in [0.2, 0.25) is 0 Å². The highest BCUT2D eigenvalue weighted by Gasteiger charge is 2.21. The van der Waals surface area contributed by atoms with Crippen molar-refractivity contribution in [2.45, 2.75) is 19.3 Å². The summed E-state index contributed by atoms with van der Waals surface area (Å²) in [5.74, 6) is -0.0680. The van der Waals surface area contributed by atoms with Crippen LogP contribution in [0.15, 0.2) is 66.4 Å². The molecular formula is C22H22N4O3. The summed E-state index contributed by atoms with van der Waals surface area (Å²) in [5, 5.41) is 23.0. The Kier molecular flexibility index (Phi) is 6.59. The number of hydrogen-bond acceptors (Lipinski definition) is 5. The van der Waals surface area contributed by atoms with Crippen LogP contribution in [0.25, 0.3) is 0 Å². The lowest BCUT2D eigenvalue weighted by Gasteiger charge is -2.31. The average molecular weight is 390 g/mol. The van der Waals surface area contributed by atoms with E-state index in [0.29, 0.717) is 5.92 Å². The molecule has 29 heavy (non-hydrogen) atoms. The molecule has 3 rings (SSSR count). The minimum Gasteiger partial charge on any atom is -0.376 e. The molecule has 1 fully saturated rings. The van der Waals surface area contributed by atoms with E-state index in [1.807, 2.05) is 29.2 Å². The molecule has 0 atom stereocenters. The Morgan fingerprint density at radius 3 is 2.48 bits per heavy atom. The van der Waals surface area contributed by atoms with Gasteiger partial charge >= 0.3 is 0 Å². The predicted molar refractivity (Wildman–Crippen MR) is 110 cm³/mol. The quantitative estimate of drug-likeness (QED) is 0.349. The zero-order chi connectivity index (χ0) is 20.6. The number of benzene rings is 2. The van der Waals surface area contributed by atoms with Gasteiger partial charge in [-0.2, -0.15) is 5.26 Å². The molecule has 1 amide bonds. The monoisotopic (exact) mass is 390 g/mol. The minimum absolute atomic E-state index is 0.0651. The Balaban J connectivity index is 1.60. The molecule has 1 N–H and O–H groups in total. The maximum atomic E-state index is 12.4. The normalized spacial score (nSPS) is 14.9. The molecule has 2 aromatic carbocycles. The molecule has 0 saturated carbocycles. The van der Waals surface area contributed by atoms with E-state index in [1.165, 1.54) is 23.8 Å². The first-order valence-electron chi connectivity index (χ1n) is 9.51. The highest BCUT2D eigenvalue weighted by Crippen LogP contribution is 2.25. The molecule has 0 aromatic heterocycles. The first kappa shape index (κ1) is 20.1. The number of amides is 1. The molecule has 0 bridgehead atoms. The topological polar surface area (TPSA) is 99.3 Å². The van der Waals surface area contributed by atoms with Crippen LogP contribution in [-0.2, 0) is 11.2 Å². The largest absolute Gasteiger partial charge is 0.376 e. The van der Waals surface area contributed by atoms with E-state index in [-0.39, 0.29) is 16.9 Å². The van der Waals surface area contributed by atoms with Gasteiger partial charge in [-0.3, -0.25) is 14.9 Å². The van der Waals surface area contributed by atoms with E-state index in [2.05, 4.69) is 17.4 Å². The lowest BCUT2D eigenvalue weighted by atomic mass is 9.90. The molecular weight excluding hydrogens is 368 g/mol. The molecule has 0 unspecified atom stereocenters. The van der Waals surface area contributed by atoms with Gasteiger partial charge in [-0.15, -0.1) is 0 Å². The Morgan fingerprint density at radius 1 is 1.17 bits per heavy atom. The third kappa shape index (κ3) is 5.42. The fraction of sp³-hybridized carbons (Fsp3) is 0.273. The van der Waals surface area contributed by atoms with Gasteiger partial charge in [0.15, 0.2) is 0 Å². The van der Waals surface area contributed by atoms with Gasteiger partial charge in [0.1, 0.15) is 17.3 Å². The summed E-state index contributed by atoms with van der Waals surface area (Å²) >= 11 is 0. The van der Waals surface area contributed by atoms with Crippen molar-refractivity contribution >= 4 is 17.3 Å². The number of carbonyl (C=O) groups excluding carboxylic acids is 1. The van der Waals surface area contributed by atoms with Gasteiger partial charge in [0, 0.05) is 25.4 Å². The minimum atomic E-state index is -0.645. The first-order chi connectivity index (χ1) is 14.1. The molecule has 148 valence electrons. The van der Waals surface area contributed by atoms with E-state index < -0.39 is 10.8 Å². The summed E-state index contributed by atoms with van der Waals surface area (Å²) < 4.78 is 0. The van der Waals surface area contributed by atoms with Crippen LogP contribution in [0.3, 0.4) is 0 Å². The maximum absolute atomic E-state index is 12.4. The number of nitro benzene ring substituents is 1. The smallest absolute Gasteiger partial charge is 0.292 e. The molecule has 1 aliphatic rings. The average Bonchev–Trinajstić information content (AvgIpc) is 2.74. The van der Waals surface area contributed by atoms with Crippen LogP contribution < -0.4 is 5.32 Å². The molecule has 7 nitrogen and oxygen atoms in total. The van der Waals surface area contributed by atoms with Crippen molar-refractivity contribution in [1.29, 1.82) is 5.26 Å². The fourth-order valence-corrected chi connectivity index (χ4v) is 3.48. The standard InChI is InChI=1S/C22H22N4O3/c23-15-19(22(27)24-20-8-4-5-9-21(20)26(28)29)16-25-12-10-18(11-13-25)14-17-6-2-1-3-7-17/h1-9,16,18H,10-14H2,(H,24,27)/b19-16-. The summed E-state index contributed by atoms with van der Waals surface area (Å²) in [6, 6.07) is 18.1. The summed E-state index contributed by atoms with van der Waals surface area (Å²) in [4.78, 5) is 24.9. The van der Waals surface area contributed by atoms with Crippen molar-refractivity contribution in [3.63, 3.8) is 0 Å². The van der Waals surface area contributed by atoms with Gasteiger partial charge in [-0.1, -0.05) is 42.5 Å². The van der Waals surface area contributed by atoms with Crippen LogP contribution in [0, 0.1) is 27.4 Å². The zero-order valence-corrected chi connectivity index (χ0v) is 16.0. The maximum Gasteiger partial charge on any atom is 0.292 e. The number of nitriles is 1. The predicted octanol–water partition coefficient (Wildman–Crippen LogP) is 3.90. The van der Waals surface area contributed by atoms with E-state index in [9.17, 15) is 20.2 Å². The van der Waals surface area contributed by atoms with Crippen molar-refractivity contribution in [2.24, 2.45) is 5.92 Å². The van der Waals surface area contributed by atoms with E-state index in [0.717, 1.165) is 32.4 Å². The lowest BCUT2D eigenvalue weighted by Crippen LogP contribution is -2.31. The van der Waals surface area contributed by atoms with Gasteiger partial charge in [0.05, 0.1) is 4.92 Å². The van der Waals surface area contributed by atoms with Crippen molar-refractivity contribution in [2.75, 3.05) is 18.4 Å². The van der Waals surface area contributed by atoms with E-state index in [4.69, 9.17) is 0 Å². The van der Waals surface area contributed by atoms with Crippen LogP contribution in [0.1, 0.15) is 18.4 Å². The zero-order valence-electron chi connectivity index (χ0n) is 16.0. The SMILES string of the molecule is N#C/C(=C/N1CCC(Cc2ccccc2)CC1)C(=O)Nc1ccccc1[N+](=O)[O-]. The number of likely N-dealkylation sites (tertiary alicyclic amines) is 1. The lowest BCUT2D eigenvalue weighted by molar-refractivity contribution is -0.383. The summed E-state index contributed by atoms with van der Waals surface area (Å²) in [5.41, 5.74) is 1.12. The third-order valence-electron chi connectivity index (χ3n) is 5.04. The van der Waals surface area contributed by atoms with Gasteiger partial charge < -0.3 is 10.2 Å². The van der Waals surface area contributed by atoms with Gasteiger partial charge in [-0.05, 0) is 36.8 Å². The summed E-state index contributed by atoms with van der Waals surface area (Å²) in [6.45, 7) is 1.53. The summed E-state index contributed by atoms with van der Waals surface area (Å²) in [7, 11) is 0. The Bertz CT molecular complexity index is 942. The summed E-state index contributed by atoms with van der Waals surface area (Å²) in [6.07, 6.45) is 4.55. The number of hydrogen-bond donors (Lipinski definition) is 1. The Hall–Kier alpha value is -3.66. The number of para-hydroxylation sites is 2. The van der Waals surface area contributed by atoms with Crippen molar-refractivity contribution in [3.8, 4) is 6.07 Å². The van der Waals surface area contributed by atoms with Crippen LogP contribution in [0.5, 0.6) is 0 Å². The second kappa shape index (κ2) is 9.51. The van der Waals surface area contributed by atoms with Crippen LogP contribution in [0.4, 0.5) is 11.4 Å². The molecule has 7 heteroatoms. The third-order valence-corrected chi connectivity index (χ3v) is 5.04. The van der Waals surface area contributed by atoms with E-state index in [1.54, 1.807) is 12.3 Å². The van der Waals surface area contributed by atoms with Crippen LogP contribution >= 0.6 is 0 Å². The van der Waals surface area contributed by atoms with Crippen molar-refractivity contribution in [3.05, 3.63) is 82.0 Å². The molecule has 0 aliphatic carbocycles. The van der Waals surface area contributed by atoms with Gasteiger partial charge in [-0.25, -0.2) is 0 Å². The number of nitrogens with zero attached hydrogens (tertiary/aromatic N) is 3. The molecule has 1 heterocycles. The molecule has 2 aromatic rings. The van der Waals surface area contributed by atoms with Crippen LogP contribution in [-0.4, -0.2) is 28.8 Å². The van der Waals surface area contributed by atoms with Crippen molar-refractivity contribution in [1.82, 2.24) is 4.90 Å². The number of nitro groups is 1. The molecule has 1 aliphatic heterocycles.